The number of hydrogen-bond acceptors (Lipinski definition) is 4. The van der Waals surface area contributed by atoms with E-state index >= 15 is 0 Å². The first-order chi connectivity index (χ1) is 10.6. The molecule has 0 aliphatic carbocycles. The third kappa shape index (κ3) is 3.31. The lowest BCUT2D eigenvalue weighted by Crippen LogP contribution is -2.14. The van der Waals surface area contributed by atoms with Gasteiger partial charge in [0.2, 0.25) is 0 Å². The molecular formula is C17H19NO4. The molecule has 1 N–H and O–H groups in total. The van der Waals surface area contributed by atoms with Gasteiger partial charge in [-0.1, -0.05) is 6.07 Å². The summed E-state index contributed by atoms with van der Waals surface area (Å²) in [5.74, 6) is 1.40. The molecule has 0 heterocycles. The van der Waals surface area contributed by atoms with E-state index < -0.39 is 0 Å². The van der Waals surface area contributed by atoms with Gasteiger partial charge in [0.05, 0.1) is 32.6 Å². The summed E-state index contributed by atoms with van der Waals surface area (Å²) in [6.07, 6.45) is 0. The van der Waals surface area contributed by atoms with Crippen LogP contribution in [-0.4, -0.2) is 27.2 Å². The average Bonchev–Trinajstić information content (AvgIpc) is 2.54. The Morgan fingerprint density at radius 3 is 2.27 bits per heavy atom. The van der Waals surface area contributed by atoms with Gasteiger partial charge in [-0.2, -0.15) is 0 Å². The normalized spacial score (nSPS) is 10.0. The maximum absolute atomic E-state index is 12.5. The van der Waals surface area contributed by atoms with E-state index in [-0.39, 0.29) is 5.91 Å². The summed E-state index contributed by atoms with van der Waals surface area (Å²) in [7, 11) is 4.64. The maximum Gasteiger partial charge on any atom is 0.259 e. The Labute approximate surface area is 129 Å². The Hall–Kier alpha value is -2.69. The van der Waals surface area contributed by atoms with Crippen LogP contribution in [0.15, 0.2) is 36.4 Å². The zero-order valence-electron chi connectivity index (χ0n) is 13.1. The van der Waals surface area contributed by atoms with E-state index in [1.165, 1.54) is 7.11 Å². The number of amides is 1. The molecule has 0 aromatic heterocycles. The van der Waals surface area contributed by atoms with Crippen LogP contribution in [0.25, 0.3) is 0 Å². The lowest BCUT2D eigenvalue weighted by molar-refractivity contribution is 0.102. The Morgan fingerprint density at radius 2 is 1.64 bits per heavy atom. The minimum atomic E-state index is -0.275. The fourth-order valence-electron chi connectivity index (χ4n) is 2.10. The first kappa shape index (κ1) is 15.7. The molecule has 22 heavy (non-hydrogen) atoms. The molecule has 0 atom stereocenters. The number of carbonyl (C=O) groups excluding carboxylic acids is 1. The molecule has 5 heteroatoms. The van der Waals surface area contributed by atoms with Crippen molar-refractivity contribution in [3.8, 4) is 17.2 Å². The van der Waals surface area contributed by atoms with Crippen molar-refractivity contribution in [2.45, 2.75) is 6.92 Å². The molecule has 0 aliphatic heterocycles. The number of hydrogen-bond donors (Lipinski definition) is 1. The minimum absolute atomic E-state index is 0.275. The number of carbonyl (C=O) groups is 1. The number of nitrogens with one attached hydrogen (secondary N) is 1. The molecule has 0 aliphatic rings. The van der Waals surface area contributed by atoms with Crippen LogP contribution in [0, 0.1) is 6.92 Å². The largest absolute Gasteiger partial charge is 0.497 e. The zero-order valence-corrected chi connectivity index (χ0v) is 13.1. The monoisotopic (exact) mass is 301 g/mol. The third-order valence-electron chi connectivity index (χ3n) is 3.26. The minimum Gasteiger partial charge on any atom is -0.497 e. The van der Waals surface area contributed by atoms with Gasteiger partial charge in [0, 0.05) is 6.07 Å². The van der Waals surface area contributed by atoms with Crippen LogP contribution in [0.2, 0.25) is 0 Å². The molecule has 116 valence electrons. The Bertz CT molecular complexity index is 682. The summed E-state index contributed by atoms with van der Waals surface area (Å²) in [6.45, 7) is 1.95. The molecule has 0 bridgehead atoms. The van der Waals surface area contributed by atoms with Crippen LogP contribution in [0.4, 0.5) is 5.69 Å². The molecule has 2 aromatic rings. The van der Waals surface area contributed by atoms with Gasteiger partial charge < -0.3 is 19.5 Å². The number of ether oxygens (including phenoxy) is 3. The SMILES string of the molecule is COc1ccc(C(=O)Nc2cc(C)ccc2OC)c(OC)c1. The van der Waals surface area contributed by atoms with E-state index in [4.69, 9.17) is 14.2 Å². The highest BCUT2D eigenvalue weighted by molar-refractivity contribution is 6.07. The van der Waals surface area contributed by atoms with Crippen molar-refractivity contribution in [1.82, 2.24) is 0 Å². The molecule has 2 aromatic carbocycles. The van der Waals surface area contributed by atoms with E-state index in [9.17, 15) is 4.79 Å². The van der Waals surface area contributed by atoms with Crippen molar-refractivity contribution in [2.24, 2.45) is 0 Å². The lowest BCUT2D eigenvalue weighted by atomic mass is 10.1. The van der Waals surface area contributed by atoms with Crippen molar-refractivity contribution in [1.29, 1.82) is 0 Å². The van der Waals surface area contributed by atoms with Crippen LogP contribution >= 0.6 is 0 Å². The second kappa shape index (κ2) is 6.85. The predicted molar refractivity (Wildman–Crippen MR) is 85.2 cm³/mol. The van der Waals surface area contributed by atoms with Gasteiger partial charge in [-0.3, -0.25) is 4.79 Å². The molecule has 2 rings (SSSR count). The summed E-state index contributed by atoms with van der Waals surface area (Å²) in [6, 6.07) is 10.6. The number of rotatable bonds is 5. The van der Waals surface area contributed by atoms with Gasteiger partial charge in [-0.05, 0) is 36.8 Å². The molecule has 0 spiro atoms. The molecule has 0 saturated carbocycles. The summed E-state index contributed by atoms with van der Waals surface area (Å²) >= 11 is 0. The predicted octanol–water partition coefficient (Wildman–Crippen LogP) is 3.27. The molecule has 1 amide bonds. The van der Waals surface area contributed by atoms with Crippen LogP contribution in [-0.2, 0) is 0 Å². The zero-order chi connectivity index (χ0) is 16.1. The fraction of sp³-hybridized carbons (Fsp3) is 0.235. The van der Waals surface area contributed by atoms with Crippen LogP contribution < -0.4 is 19.5 Å². The smallest absolute Gasteiger partial charge is 0.259 e. The van der Waals surface area contributed by atoms with Crippen molar-refractivity contribution in [3.63, 3.8) is 0 Å². The van der Waals surface area contributed by atoms with E-state index in [0.717, 1.165) is 5.56 Å². The van der Waals surface area contributed by atoms with Crippen molar-refractivity contribution >= 4 is 11.6 Å². The molecule has 0 radical (unpaired) electrons. The number of methoxy groups -OCH3 is 3. The van der Waals surface area contributed by atoms with Crippen molar-refractivity contribution in [3.05, 3.63) is 47.5 Å². The van der Waals surface area contributed by atoms with Crippen molar-refractivity contribution in [2.75, 3.05) is 26.6 Å². The van der Waals surface area contributed by atoms with Crippen LogP contribution in [0.5, 0.6) is 17.2 Å². The fourth-order valence-corrected chi connectivity index (χ4v) is 2.10. The Balaban J connectivity index is 2.31. The number of aryl methyl sites for hydroxylation is 1. The highest BCUT2D eigenvalue weighted by Crippen LogP contribution is 2.28. The van der Waals surface area contributed by atoms with Crippen LogP contribution in [0.3, 0.4) is 0 Å². The topological polar surface area (TPSA) is 56.8 Å². The Kier molecular flexibility index (Phi) is 4.88. The van der Waals surface area contributed by atoms with Gasteiger partial charge in [-0.15, -0.1) is 0 Å². The van der Waals surface area contributed by atoms with E-state index in [2.05, 4.69) is 5.32 Å². The van der Waals surface area contributed by atoms with Crippen LogP contribution in [0.1, 0.15) is 15.9 Å². The van der Waals surface area contributed by atoms with Gasteiger partial charge in [-0.25, -0.2) is 0 Å². The Morgan fingerprint density at radius 1 is 0.909 bits per heavy atom. The van der Waals surface area contributed by atoms with E-state index in [0.29, 0.717) is 28.5 Å². The molecule has 0 saturated heterocycles. The van der Waals surface area contributed by atoms with Crippen molar-refractivity contribution < 1.29 is 19.0 Å². The van der Waals surface area contributed by atoms with Gasteiger partial charge >= 0.3 is 0 Å². The van der Waals surface area contributed by atoms with E-state index in [1.807, 2.05) is 25.1 Å². The summed E-state index contributed by atoms with van der Waals surface area (Å²) in [4.78, 5) is 12.5. The first-order valence-electron chi connectivity index (χ1n) is 6.77. The quantitative estimate of drug-likeness (QED) is 0.921. The third-order valence-corrected chi connectivity index (χ3v) is 3.26. The highest BCUT2D eigenvalue weighted by Gasteiger charge is 2.15. The lowest BCUT2D eigenvalue weighted by Gasteiger charge is -2.13. The average molecular weight is 301 g/mol. The second-order valence-electron chi connectivity index (χ2n) is 4.72. The number of anilines is 1. The molecule has 0 unspecified atom stereocenters. The first-order valence-corrected chi connectivity index (χ1v) is 6.77. The summed E-state index contributed by atoms with van der Waals surface area (Å²) in [5.41, 5.74) is 2.06. The molecular weight excluding hydrogens is 282 g/mol. The van der Waals surface area contributed by atoms with Gasteiger partial charge in [0.15, 0.2) is 0 Å². The standard InChI is InChI=1S/C17H19NO4/c1-11-5-8-15(21-3)14(9-11)18-17(19)13-7-6-12(20-2)10-16(13)22-4/h5-10H,1-4H3,(H,18,19). The molecule has 5 nitrogen and oxygen atoms in total. The van der Waals surface area contributed by atoms with E-state index in [1.54, 1.807) is 32.4 Å². The summed E-state index contributed by atoms with van der Waals surface area (Å²) < 4.78 is 15.6. The summed E-state index contributed by atoms with van der Waals surface area (Å²) in [5, 5.41) is 2.85. The van der Waals surface area contributed by atoms with Gasteiger partial charge in [0.1, 0.15) is 17.2 Å². The van der Waals surface area contributed by atoms with Gasteiger partial charge in [0.25, 0.3) is 5.91 Å². The molecule has 0 fully saturated rings. The maximum atomic E-state index is 12.5. The number of benzene rings is 2. The highest BCUT2D eigenvalue weighted by atomic mass is 16.5. The second-order valence-corrected chi connectivity index (χ2v) is 4.72.